The van der Waals surface area contributed by atoms with Crippen LogP contribution in [0.5, 0.6) is 0 Å². The lowest BCUT2D eigenvalue weighted by atomic mass is 10.2. The largest absolute Gasteiger partial charge is 0.346 e. The summed E-state index contributed by atoms with van der Waals surface area (Å²) < 4.78 is 13.2. The molecule has 1 aromatic carbocycles. The summed E-state index contributed by atoms with van der Waals surface area (Å²) in [6.45, 7) is 0.0679. The molecule has 122 valence electrons. The Kier molecular flexibility index (Phi) is 5.56. The molecular formula is C15H18FN5O2. The fourth-order valence-electron chi connectivity index (χ4n) is 1.99. The van der Waals surface area contributed by atoms with Gasteiger partial charge in [-0.05, 0) is 37.2 Å². The van der Waals surface area contributed by atoms with Crippen molar-refractivity contribution < 1.29 is 14.0 Å². The van der Waals surface area contributed by atoms with Crippen molar-refractivity contribution in [3.63, 3.8) is 0 Å². The molecule has 0 radical (unpaired) electrons. The fraction of sp³-hybridized carbons (Fsp3) is 0.267. The van der Waals surface area contributed by atoms with Crippen LogP contribution in [0.2, 0.25) is 0 Å². The SMILES string of the molecule is NCC[C@H](N)C(=O)NCC(=O)Nc1cnc2ccc(F)cc2c1. The monoisotopic (exact) mass is 319 g/mol. The van der Waals surface area contributed by atoms with Crippen molar-refractivity contribution >= 4 is 28.4 Å². The zero-order chi connectivity index (χ0) is 16.8. The highest BCUT2D eigenvalue weighted by Gasteiger charge is 2.13. The molecule has 0 aliphatic carbocycles. The molecule has 0 aliphatic heterocycles. The van der Waals surface area contributed by atoms with Crippen LogP contribution in [-0.2, 0) is 9.59 Å². The van der Waals surface area contributed by atoms with Crippen molar-refractivity contribution in [2.45, 2.75) is 12.5 Å². The molecule has 6 N–H and O–H groups in total. The van der Waals surface area contributed by atoms with Crippen molar-refractivity contribution in [3.05, 3.63) is 36.3 Å². The van der Waals surface area contributed by atoms with Gasteiger partial charge in [-0.25, -0.2) is 4.39 Å². The molecule has 0 aliphatic rings. The lowest BCUT2D eigenvalue weighted by molar-refractivity contribution is -0.125. The van der Waals surface area contributed by atoms with E-state index in [1.54, 1.807) is 12.1 Å². The van der Waals surface area contributed by atoms with Gasteiger partial charge in [0.05, 0.1) is 30.0 Å². The minimum absolute atomic E-state index is 0.224. The van der Waals surface area contributed by atoms with E-state index in [1.807, 2.05) is 0 Å². The summed E-state index contributed by atoms with van der Waals surface area (Å²) in [5.74, 6) is -1.26. The van der Waals surface area contributed by atoms with Gasteiger partial charge >= 0.3 is 0 Å². The van der Waals surface area contributed by atoms with E-state index in [2.05, 4.69) is 15.6 Å². The molecule has 2 aromatic rings. The summed E-state index contributed by atoms with van der Waals surface area (Å²) in [6, 6.07) is 5.05. The Morgan fingerprint density at radius 3 is 2.83 bits per heavy atom. The molecule has 0 unspecified atom stereocenters. The van der Waals surface area contributed by atoms with Gasteiger partial charge in [-0.3, -0.25) is 14.6 Å². The van der Waals surface area contributed by atoms with Crippen LogP contribution in [0.3, 0.4) is 0 Å². The van der Waals surface area contributed by atoms with E-state index < -0.39 is 17.9 Å². The van der Waals surface area contributed by atoms with Crippen LogP contribution in [0.15, 0.2) is 30.5 Å². The number of hydrogen-bond donors (Lipinski definition) is 4. The average Bonchev–Trinajstić information content (AvgIpc) is 2.52. The number of nitrogens with two attached hydrogens (primary N) is 2. The molecule has 0 spiro atoms. The average molecular weight is 319 g/mol. The number of nitrogens with zero attached hydrogens (tertiary/aromatic N) is 1. The molecule has 0 fully saturated rings. The first-order valence-corrected chi connectivity index (χ1v) is 7.08. The van der Waals surface area contributed by atoms with Crippen molar-refractivity contribution in [2.75, 3.05) is 18.4 Å². The molecule has 1 heterocycles. The minimum Gasteiger partial charge on any atom is -0.346 e. The van der Waals surface area contributed by atoms with Crippen LogP contribution in [0.1, 0.15) is 6.42 Å². The number of halogens is 1. The van der Waals surface area contributed by atoms with Crippen molar-refractivity contribution in [3.8, 4) is 0 Å². The van der Waals surface area contributed by atoms with Gasteiger partial charge in [-0.2, -0.15) is 0 Å². The molecule has 8 heteroatoms. The highest BCUT2D eigenvalue weighted by molar-refractivity contribution is 5.96. The molecule has 1 atom stereocenters. The lowest BCUT2D eigenvalue weighted by Crippen LogP contribution is -2.44. The zero-order valence-electron chi connectivity index (χ0n) is 12.4. The predicted octanol–water partition coefficient (Wildman–Crippen LogP) is 0.105. The third kappa shape index (κ3) is 4.70. The fourth-order valence-corrected chi connectivity index (χ4v) is 1.99. The number of hydrogen-bond acceptors (Lipinski definition) is 5. The molecule has 0 saturated heterocycles. The summed E-state index contributed by atoms with van der Waals surface area (Å²) in [4.78, 5) is 27.5. The standard InChI is InChI=1S/C15H18FN5O2/c16-10-1-2-13-9(5-10)6-11(7-19-13)21-14(22)8-20-15(23)12(18)3-4-17/h1-2,5-7,12H,3-4,8,17-18H2,(H,20,23)(H,21,22)/t12-/m0/s1. The van der Waals surface area contributed by atoms with Crippen LogP contribution >= 0.6 is 0 Å². The molecule has 2 rings (SSSR count). The number of benzene rings is 1. The quantitative estimate of drug-likeness (QED) is 0.601. The molecule has 23 heavy (non-hydrogen) atoms. The molecule has 0 bridgehead atoms. The Morgan fingerprint density at radius 2 is 2.09 bits per heavy atom. The van der Waals surface area contributed by atoms with Crippen molar-refractivity contribution in [1.82, 2.24) is 10.3 Å². The first-order valence-electron chi connectivity index (χ1n) is 7.08. The van der Waals surface area contributed by atoms with Crippen LogP contribution in [0.4, 0.5) is 10.1 Å². The first-order chi connectivity index (χ1) is 11.0. The minimum atomic E-state index is -0.738. The van der Waals surface area contributed by atoms with E-state index in [0.29, 0.717) is 29.6 Å². The third-order valence-electron chi connectivity index (χ3n) is 3.16. The number of aromatic nitrogens is 1. The summed E-state index contributed by atoms with van der Waals surface area (Å²) >= 11 is 0. The number of fused-ring (bicyclic) bond motifs is 1. The Balaban J connectivity index is 1.93. The van der Waals surface area contributed by atoms with Gasteiger partial charge in [-0.1, -0.05) is 0 Å². The maximum atomic E-state index is 13.2. The number of amides is 2. The van der Waals surface area contributed by atoms with Crippen LogP contribution in [-0.4, -0.2) is 35.9 Å². The predicted molar refractivity (Wildman–Crippen MR) is 85.0 cm³/mol. The summed E-state index contributed by atoms with van der Waals surface area (Å²) in [5.41, 5.74) is 11.9. The lowest BCUT2D eigenvalue weighted by Gasteiger charge is -2.11. The number of anilines is 1. The van der Waals surface area contributed by atoms with Gasteiger partial charge in [-0.15, -0.1) is 0 Å². The molecule has 7 nitrogen and oxygen atoms in total. The second-order valence-electron chi connectivity index (χ2n) is 5.01. The molecule has 0 saturated carbocycles. The van der Waals surface area contributed by atoms with Crippen LogP contribution in [0, 0.1) is 5.82 Å². The number of nitrogens with one attached hydrogen (secondary N) is 2. The molecule has 2 amide bonds. The molecular weight excluding hydrogens is 301 g/mol. The van der Waals surface area contributed by atoms with E-state index in [1.165, 1.54) is 18.3 Å². The zero-order valence-corrected chi connectivity index (χ0v) is 12.4. The van der Waals surface area contributed by atoms with E-state index in [-0.39, 0.29) is 12.4 Å². The second-order valence-corrected chi connectivity index (χ2v) is 5.01. The highest BCUT2D eigenvalue weighted by atomic mass is 19.1. The molecule has 1 aromatic heterocycles. The Morgan fingerprint density at radius 1 is 1.30 bits per heavy atom. The van der Waals surface area contributed by atoms with Crippen molar-refractivity contribution in [2.24, 2.45) is 11.5 Å². The Bertz CT molecular complexity index is 722. The van der Waals surface area contributed by atoms with Crippen molar-refractivity contribution in [1.29, 1.82) is 0 Å². The number of carbonyl (C=O) groups is 2. The summed E-state index contributed by atoms with van der Waals surface area (Å²) in [7, 11) is 0. The summed E-state index contributed by atoms with van der Waals surface area (Å²) in [6.07, 6.45) is 1.80. The van der Waals surface area contributed by atoms with E-state index in [0.717, 1.165) is 0 Å². The summed E-state index contributed by atoms with van der Waals surface area (Å²) in [5, 5.41) is 5.56. The normalized spacial score (nSPS) is 12.0. The second kappa shape index (κ2) is 7.61. The third-order valence-corrected chi connectivity index (χ3v) is 3.16. The number of carbonyl (C=O) groups excluding carboxylic acids is 2. The topological polar surface area (TPSA) is 123 Å². The van der Waals surface area contributed by atoms with E-state index in [4.69, 9.17) is 11.5 Å². The number of rotatable bonds is 6. The van der Waals surface area contributed by atoms with Crippen LogP contribution in [0.25, 0.3) is 10.9 Å². The van der Waals surface area contributed by atoms with Gasteiger partial charge in [0, 0.05) is 5.39 Å². The van der Waals surface area contributed by atoms with Gasteiger partial charge < -0.3 is 22.1 Å². The van der Waals surface area contributed by atoms with Gasteiger partial charge in [0.15, 0.2) is 0 Å². The van der Waals surface area contributed by atoms with Crippen LogP contribution < -0.4 is 22.1 Å². The van der Waals surface area contributed by atoms with Gasteiger partial charge in [0.25, 0.3) is 0 Å². The van der Waals surface area contributed by atoms with Gasteiger partial charge in [0.1, 0.15) is 5.82 Å². The Hall–Kier alpha value is -2.58. The highest BCUT2D eigenvalue weighted by Crippen LogP contribution is 2.17. The maximum absolute atomic E-state index is 13.2. The Labute approximate surface area is 132 Å². The van der Waals surface area contributed by atoms with Gasteiger partial charge in [0.2, 0.25) is 11.8 Å². The first kappa shape index (κ1) is 16.8. The maximum Gasteiger partial charge on any atom is 0.243 e. The smallest absolute Gasteiger partial charge is 0.243 e. The van der Waals surface area contributed by atoms with E-state index >= 15 is 0 Å². The number of pyridine rings is 1. The van der Waals surface area contributed by atoms with E-state index in [9.17, 15) is 14.0 Å².